The highest BCUT2D eigenvalue weighted by atomic mass is 31.2. The lowest BCUT2D eigenvalue weighted by Crippen LogP contribution is -2.29. The zero-order chi connectivity index (χ0) is 40.5. The highest BCUT2D eigenvalue weighted by Gasteiger charge is 2.22. The Morgan fingerprint density at radius 2 is 1.02 bits per heavy atom. The molecule has 0 fully saturated rings. The molecule has 306 valence electrons. The van der Waals surface area contributed by atoms with Crippen molar-refractivity contribution in [1.82, 2.24) is 0 Å². The van der Waals surface area contributed by atoms with Crippen LogP contribution in [0.2, 0.25) is 0 Å². The predicted molar refractivity (Wildman–Crippen MR) is 226 cm³/mol. The summed E-state index contributed by atoms with van der Waals surface area (Å²) in [7, 11) is -4.80. The first kappa shape index (κ1) is 51.1. The van der Waals surface area contributed by atoms with Crippen molar-refractivity contribution < 1.29 is 43.0 Å². The smallest absolute Gasteiger partial charge is 0.462 e. The van der Waals surface area contributed by atoms with Crippen LogP contribution >= 0.6 is 7.82 Å². The Hall–Kier alpha value is -3.85. The van der Waals surface area contributed by atoms with Gasteiger partial charge < -0.3 is 24.4 Å². The van der Waals surface area contributed by atoms with Crippen LogP contribution in [0.15, 0.2) is 134 Å². The molecule has 3 N–H and O–H groups in total. The molecule has 55 heavy (non-hydrogen) atoms. The molecule has 0 unspecified atom stereocenters. The van der Waals surface area contributed by atoms with Gasteiger partial charge in [0.25, 0.3) is 0 Å². The molecule has 0 aliphatic heterocycles. The van der Waals surface area contributed by atoms with Crippen LogP contribution in [0.1, 0.15) is 110 Å². The van der Waals surface area contributed by atoms with Gasteiger partial charge in [-0.05, 0) is 83.5 Å². The zero-order valence-corrected chi connectivity index (χ0v) is 34.0. The van der Waals surface area contributed by atoms with Crippen molar-refractivity contribution in [2.24, 2.45) is 0 Å². The SMILES string of the molecule is CC/C=C\C/C=C\C/C=C\C/C=C\C/C=C\C/C=C\CCC(=O)OC[C@H](COP(=O)(O)O)OC(=O)CCC/C=C\C/C=C\C/C=C\C/C=C\C=C\[C@H](O)CC. The molecule has 10 heteroatoms. The molecule has 9 nitrogen and oxygen atoms in total. The second-order valence-electron chi connectivity index (χ2n) is 12.3. The number of carbonyl (C=O) groups excluding carboxylic acids is 2. The van der Waals surface area contributed by atoms with Gasteiger partial charge in [0.2, 0.25) is 0 Å². The molecule has 0 aromatic heterocycles. The number of hydrogen-bond acceptors (Lipinski definition) is 7. The molecule has 0 aliphatic carbocycles. The number of hydrogen-bond donors (Lipinski definition) is 3. The molecule has 0 aromatic carbocycles. The maximum Gasteiger partial charge on any atom is 0.469 e. The van der Waals surface area contributed by atoms with E-state index in [1.165, 1.54) is 0 Å². The summed E-state index contributed by atoms with van der Waals surface area (Å²) in [5, 5.41) is 9.45. The van der Waals surface area contributed by atoms with Crippen molar-refractivity contribution in [3.05, 3.63) is 134 Å². The van der Waals surface area contributed by atoms with Crippen molar-refractivity contribution in [3.63, 3.8) is 0 Å². The van der Waals surface area contributed by atoms with Crippen LogP contribution in [-0.2, 0) is 28.2 Å². The summed E-state index contributed by atoms with van der Waals surface area (Å²) >= 11 is 0. The van der Waals surface area contributed by atoms with Crippen LogP contribution in [0.25, 0.3) is 0 Å². The predicted octanol–water partition coefficient (Wildman–Crippen LogP) is 10.9. The Bertz CT molecular complexity index is 1360. The number of allylic oxidation sites excluding steroid dienone is 21. The Morgan fingerprint density at radius 1 is 0.564 bits per heavy atom. The van der Waals surface area contributed by atoms with Crippen LogP contribution in [0.5, 0.6) is 0 Å². The number of esters is 2. The molecule has 0 aliphatic rings. The van der Waals surface area contributed by atoms with Crippen molar-refractivity contribution in [3.8, 4) is 0 Å². The third-order valence-electron chi connectivity index (χ3n) is 7.34. The van der Waals surface area contributed by atoms with Gasteiger partial charge in [0.05, 0.1) is 12.7 Å². The summed E-state index contributed by atoms with van der Waals surface area (Å²) < 4.78 is 26.2. The number of phosphoric ester groups is 1. The molecule has 2 atom stereocenters. The average Bonchev–Trinajstić information content (AvgIpc) is 3.16. The fourth-order valence-electron chi connectivity index (χ4n) is 4.32. The summed E-state index contributed by atoms with van der Waals surface area (Å²) in [6.07, 6.45) is 54.2. The number of rotatable bonds is 33. The van der Waals surface area contributed by atoms with Gasteiger partial charge >= 0.3 is 19.8 Å². The second-order valence-corrected chi connectivity index (χ2v) is 13.6. The molecule has 0 saturated heterocycles. The normalized spacial score (nSPS) is 14.5. The van der Waals surface area contributed by atoms with E-state index in [1.807, 2.05) is 49.5 Å². The van der Waals surface area contributed by atoms with Crippen molar-refractivity contribution in [1.29, 1.82) is 0 Å². The summed E-state index contributed by atoms with van der Waals surface area (Å²) in [5.41, 5.74) is 0. The quantitative estimate of drug-likeness (QED) is 0.0195. The van der Waals surface area contributed by atoms with Crippen LogP contribution in [0.3, 0.4) is 0 Å². The van der Waals surface area contributed by atoms with E-state index >= 15 is 0 Å². The molecule has 0 radical (unpaired) electrons. The van der Waals surface area contributed by atoms with E-state index in [9.17, 15) is 19.3 Å². The van der Waals surface area contributed by atoms with E-state index < -0.39 is 32.5 Å². The average molecular weight is 783 g/mol. The lowest BCUT2D eigenvalue weighted by atomic mass is 10.2. The van der Waals surface area contributed by atoms with Gasteiger partial charge in [-0.1, -0.05) is 148 Å². The molecule has 0 amide bonds. The van der Waals surface area contributed by atoms with Gasteiger partial charge in [-0.3, -0.25) is 14.1 Å². The summed E-state index contributed by atoms with van der Waals surface area (Å²) in [6, 6.07) is 0. The van der Waals surface area contributed by atoms with Crippen molar-refractivity contribution in [2.75, 3.05) is 13.2 Å². The topological polar surface area (TPSA) is 140 Å². The Balaban J connectivity index is 4.24. The van der Waals surface area contributed by atoms with Crippen LogP contribution in [0.4, 0.5) is 0 Å². The Kier molecular flexibility index (Phi) is 35.7. The van der Waals surface area contributed by atoms with Crippen LogP contribution in [-0.4, -0.2) is 52.3 Å². The molecular formula is C45H67O9P. The third-order valence-corrected chi connectivity index (χ3v) is 7.82. The van der Waals surface area contributed by atoms with E-state index in [0.29, 0.717) is 25.7 Å². The first-order chi connectivity index (χ1) is 26.7. The molecule has 0 bridgehead atoms. The van der Waals surface area contributed by atoms with E-state index in [4.69, 9.17) is 19.3 Å². The van der Waals surface area contributed by atoms with Gasteiger partial charge in [0.15, 0.2) is 6.10 Å². The largest absolute Gasteiger partial charge is 0.469 e. The summed E-state index contributed by atoms with van der Waals surface area (Å²) in [5.74, 6) is -1.09. The number of aliphatic hydroxyl groups is 1. The van der Waals surface area contributed by atoms with Crippen LogP contribution in [0, 0.1) is 0 Å². The van der Waals surface area contributed by atoms with E-state index in [2.05, 4.69) is 96.5 Å². The van der Waals surface area contributed by atoms with Crippen molar-refractivity contribution >= 4 is 19.8 Å². The maximum atomic E-state index is 12.4. The minimum absolute atomic E-state index is 0.0947. The van der Waals surface area contributed by atoms with Gasteiger partial charge in [-0.15, -0.1) is 0 Å². The minimum atomic E-state index is -4.80. The fraction of sp³-hybridized carbons (Fsp3) is 0.467. The number of phosphoric acid groups is 1. The maximum absolute atomic E-state index is 12.4. The summed E-state index contributed by atoms with van der Waals surface area (Å²) in [6.45, 7) is 3.10. The minimum Gasteiger partial charge on any atom is -0.462 e. The molecule has 0 heterocycles. The van der Waals surface area contributed by atoms with E-state index in [-0.39, 0.29) is 25.6 Å². The van der Waals surface area contributed by atoms with Gasteiger partial charge in [-0.25, -0.2) is 4.57 Å². The molecular weight excluding hydrogens is 715 g/mol. The summed E-state index contributed by atoms with van der Waals surface area (Å²) in [4.78, 5) is 42.7. The lowest BCUT2D eigenvalue weighted by Gasteiger charge is -2.18. The van der Waals surface area contributed by atoms with E-state index in [0.717, 1.165) is 57.8 Å². The highest BCUT2D eigenvalue weighted by molar-refractivity contribution is 7.46. The highest BCUT2D eigenvalue weighted by Crippen LogP contribution is 2.35. The number of unbranched alkanes of at least 4 members (excludes halogenated alkanes) is 1. The molecule has 0 aromatic rings. The second kappa shape index (κ2) is 38.4. The molecule has 0 rings (SSSR count). The van der Waals surface area contributed by atoms with Gasteiger partial charge in [0.1, 0.15) is 6.61 Å². The third kappa shape index (κ3) is 41.2. The fourth-order valence-corrected chi connectivity index (χ4v) is 4.69. The molecule has 0 saturated carbocycles. The first-order valence-electron chi connectivity index (χ1n) is 19.6. The zero-order valence-electron chi connectivity index (χ0n) is 33.1. The Morgan fingerprint density at radius 3 is 1.49 bits per heavy atom. The number of ether oxygens (including phenoxy) is 2. The standard InChI is InChI=1S/C45H67O9P/c1-3-5-6-7-8-9-10-11-12-13-14-15-16-20-23-26-29-32-35-38-44(47)52-40-43(41-53-55(49,50)51)54-45(48)39-36-33-30-27-24-21-18-17-19-22-25-28-31-34-37-42(46)4-2/h5-6,8-9,11-12,14-15,18-23,27-32,34,37,42-43,46H,3-4,7,10,13,16-17,24-26,33,35-36,38-41H2,1-2H3,(H2,49,50,51)/b6-5-,9-8-,12-11-,15-14-,21-18-,22-19-,23-20-,30-27-,31-28-,32-29-,37-34+/t42-,43-/m1/s1. The Labute approximate surface area is 331 Å². The lowest BCUT2D eigenvalue weighted by molar-refractivity contribution is -0.161. The number of aliphatic hydroxyl groups excluding tert-OH is 1. The van der Waals surface area contributed by atoms with Gasteiger partial charge in [0, 0.05) is 12.8 Å². The monoisotopic (exact) mass is 782 g/mol. The molecule has 0 spiro atoms. The van der Waals surface area contributed by atoms with Gasteiger partial charge in [-0.2, -0.15) is 0 Å². The van der Waals surface area contributed by atoms with Crippen LogP contribution < -0.4 is 0 Å². The first-order valence-corrected chi connectivity index (χ1v) is 21.1. The number of carbonyl (C=O) groups is 2. The van der Waals surface area contributed by atoms with E-state index in [1.54, 1.807) is 6.08 Å². The van der Waals surface area contributed by atoms with Crippen molar-refractivity contribution in [2.45, 2.75) is 122 Å².